The van der Waals surface area contributed by atoms with E-state index < -0.39 is 6.04 Å². The normalized spacial score (nSPS) is 14.9. The van der Waals surface area contributed by atoms with Crippen molar-refractivity contribution in [2.45, 2.75) is 45.0 Å². The average molecular weight is 533 g/mol. The maximum Gasteiger partial charge on any atom is 0.338 e. The Labute approximate surface area is 218 Å². The van der Waals surface area contributed by atoms with E-state index in [9.17, 15) is 4.79 Å². The fourth-order valence-electron chi connectivity index (χ4n) is 3.71. The summed E-state index contributed by atoms with van der Waals surface area (Å²) in [5.41, 5.74) is 2.89. The summed E-state index contributed by atoms with van der Waals surface area (Å²) in [6, 6.07) is 12.4. The predicted molar refractivity (Wildman–Crippen MR) is 139 cm³/mol. The van der Waals surface area contributed by atoms with Gasteiger partial charge in [-0.3, -0.25) is 0 Å². The molecule has 1 unspecified atom stereocenters. The Morgan fingerprint density at radius 2 is 1.94 bits per heavy atom. The number of hydrogen-bond donors (Lipinski definition) is 1. The zero-order valence-electron chi connectivity index (χ0n) is 19.7. The smallest absolute Gasteiger partial charge is 0.338 e. The van der Waals surface area contributed by atoms with Crippen molar-refractivity contribution in [1.82, 2.24) is 14.8 Å². The summed E-state index contributed by atoms with van der Waals surface area (Å²) in [6.07, 6.45) is 1.01. The van der Waals surface area contributed by atoms with Crippen LogP contribution >= 0.6 is 35.0 Å². The molecule has 1 aliphatic rings. The fourth-order valence-corrected chi connectivity index (χ4v) is 4.86. The summed E-state index contributed by atoms with van der Waals surface area (Å²) < 4.78 is 13.0. The summed E-state index contributed by atoms with van der Waals surface area (Å²) in [5.74, 6) is 1.79. The zero-order chi connectivity index (χ0) is 24.9. The molecule has 2 aromatic carbocycles. The summed E-state index contributed by atoms with van der Waals surface area (Å²) in [4.78, 5) is 17.5. The molecule has 0 saturated heterocycles. The van der Waals surface area contributed by atoms with Crippen molar-refractivity contribution in [2.75, 3.05) is 17.7 Å². The Morgan fingerprint density at radius 1 is 1.17 bits per heavy atom. The lowest BCUT2D eigenvalue weighted by Crippen LogP contribution is -2.29. The van der Waals surface area contributed by atoms with Gasteiger partial charge in [0, 0.05) is 27.1 Å². The second-order valence-corrected chi connectivity index (χ2v) is 9.80. The molecule has 0 amide bonds. The minimum absolute atomic E-state index is 0.282. The highest BCUT2D eigenvalue weighted by Gasteiger charge is 2.35. The van der Waals surface area contributed by atoms with Crippen molar-refractivity contribution in [2.24, 2.45) is 0 Å². The molecular formula is C25H26Cl2N4O3S. The van der Waals surface area contributed by atoms with Crippen molar-refractivity contribution < 1.29 is 14.3 Å². The van der Waals surface area contributed by atoms with E-state index in [4.69, 9.17) is 37.8 Å². The molecule has 0 fully saturated rings. The number of halogens is 2. The van der Waals surface area contributed by atoms with Crippen LogP contribution in [0.5, 0.6) is 5.75 Å². The molecule has 0 bridgehead atoms. The van der Waals surface area contributed by atoms with Gasteiger partial charge in [-0.1, -0.05) is 60.1 Å². The highest BCUT2D eigenvalue weighted by atomic mass is 35.5. The van der Waals surface area contributed by atoms with Crippen LogP contribution in [0.1, 0.15) is 44.4 Å². The molecular weight excluding hydrogens is 507 g/mol. The van der Waals surface area contributed by atoms with E-state index in [1.165, 1.54) is 0 Å². The Hall–Kier alpha value is -2.68. The summed E-state index contributed by atoms with van der Waals surface area (Å²) >= 11 is 13.8. The molecule has 0 radical (unpaired) electrons. The van der Waals surface area contributed by atoms with Crippen LogP contribution in [-0.4, -0.2) is 33.1 Å². The molecule has 7 nitrogen and oxygen atoms in total. The van der Waals surface area contributed by atoms with E-state index >= 15 is 0 Å². The summed E-state index contributed by atoms with van der Waals surface area (Å²) in [5, 5.41) is 9.71. The number of fused-ring (bicyclic) bond motifs is 1. The third-order valence-electron chi connectivity index (χ3n) is 5.37. The average Bonchev–Trinajstić information content (AvgIpc) is 3.24. The summed E-state index contributed by atoms with van der Waals surface area (Å²) in [6.45, 7) is 6.34. The quantitative estimate of drug-likeness (QED) is 0.248. The van der Waals surface area contributed by atoms with Crippen molar-refractivity contribution in [3.63, 3.8) is 0 Å². The topological polar surface area (TPSA) is 78.3 Å². The number of rotatable bonds is 9. The van der Waals surface area contributed by atoms with Gasteiger partial charge in [0.2, 0.25) is 11.1 Å². The van der Waals surface area contributed by atoms with Gasteiger partial charge in [0.1, 0.15) is 18.4 Å². The monoisotopic (exact) mass is 532 g/mol. The summed E-state index contributed by atoms with van der Waals surface area (Å²) in [7, 11) is 0. The van der Waals surface area contributed by atoms with E-state index in [0.717, 1.165) is 23.3 Å². The molecule has 0 spiro atoms. The van der Waals surface area contributed by atoms with Gasteiger partial charge in [-0.05, 0) is 50.1 Å². The van der Waals surface area contributed by atoms with Gasteiger partial charge in [0.05, 0.1) is 12.2 Å². The van der Waals surface area contributed by atoms with Crippen molar-refractivity contribution in [1.29, 1.82) is 0 Å². The molecule has 3 aromatic rings. The lowest BCUT2D eigenvalue weighted by atomic mass is 9.96. The van der Waals surface area contributed by atoms with Crippen LogP contribution in [-0.2, 0) is 16.1 Å². The number of ether oxygens (including phenoxy) is 2. The highest BCUT2D eigenvalue weighted by molar-refractivity contribution is 7.99. The number of esters is 1. The second-order valence-electron chi connectivity index (χ2n) is 7.89. The molecule has 1 atom stereocenters. The molecule has 0 saturated carbocycles. The number of allylic oxidation sites excluding steroid dienone is 1. The van der Waals surface area contributed by atoms with E-state index in [-0.39, 0.29) is 12.6 Å². The Balaban J connectivity index is 1.62. The third kappa shape index (κ3) is 5.77. The number of thioether (sulfide) groups is 1. The van der Waals surface area contributed by atoms with E-state index in [0.29, 0.717) is 44.8 Å². The van der Waals surface area contributed by atoms with Crippen molar-refractivity contribution in [3.05, 3.63) is 74.9 Å². The Bertz CT molecular complexity index is 1240. The molecule has 184 valence electrons. The van der Waals surface area contributed by atoms with Gasteiger partial charge < -0.3 is 14.8 Å². The second kappa shape index (κ2) is 11.4. The maximum absolute atomic E-state index is 12.9. The largest absolute Gasteiger partial charge is 0.489 e. The number of carbonyl (C=O) groups is 1. The number of hydrogen-bond acceptors (Lipinski definition) is 7. The minimum atomic E-state index is -0.478. The van der Waals surface area contributed by atoms with Crippen LogP contribution in [0.25, 0.3) is 0 Å². The van der Waals surface area contributed by atoms with Crippen LogP contribution < -0.4 is 10.1 Å². The first kappa shape index (κ1) is 25.4. The Morgan fingerprint density at radius 3 is 2.63 bits per heavy atom. The molecule has 1 N–H and O–H groups in total. The molecule has 1 aromatic heterocycles. The molecule has 0 aliphatic carbocycles. The van der Waals surface area contributed by atoms with E-state index in [1.807, 2.05) is 37.3 Å². The highest BCUT2D eigenvalue weighted by Crippen LogP contribution is 2.37. The lowest BCUT2D eigenvalue weighted by molar-refractivity contribution is -0.139. The van der Waals surface area contributed by atoms with E-state index in [1.54, 1.807) is 35.5 Å². The number of anilines is 1. The molecule has 4 rings (SSSR count). The van der Waals surface area contributed by atoms with Crippen LogP contribution in [0.3, 0.4) is 0 Å². The number of aromatic nitrogens is 3. The number of carbonyl (C=O) groups excluding carboxylic acids is 1. The molecule has 10 heteroatoms. The van der Waals surface area contributed by atoms with Crippen LogP contribution in [0.4, 0.5) is 5.95 Å². The van der Waals surface area contributed by atoms with Crippen LogP contribution in [0, 0.1) is 0 Å². The first-order valence-electron chi connectivity index (χ1n) is 11.3. The number of nitrogens with one attached hydrogen (secondary N) is 1. The standard InChI is InChI=1S/C25H26Cl2N4O3S/c1-4-12-35-25-29-24-28-15(3)21(23(32)33-5-2)22(31(24)30-25)16-7-10-19(11-8-16)34-14-17-6-9-18(26)13-20(17)27/h6-11,13,22H,4-5,12,14H2,1-3H3,(H,28,29,30). The first-order valence-corrected chi connectivity index (χ1v) is 13.1. The SMILES string of the molecule is CCCSc1nc2n(n1)C(c1ccc(OCc3ccc(Cl)cc3Cl)cc1)C(C(=O)OCC)=C(C)N2. The van der Waals surface area contributed by atoms with E-state index in [2.05, 4.69) is 17.2 Å². The first-order chi connectivity index (χ1) is 16.9. The van der Waals surface area contributed by atoms with Crippen molar-refractivity contribution in [3.8, 4) is 5.75 Å². The van der Waals surface area contributed by atoms with Crippen molar-refractivity contribution >= 4 is 46.9 Å². The van der Waals surface area contributed by atoms with Gasteiger partial charge in [-0.15, -0.1) is 5.10 Å². The number of nitrogens with zero attached hydrogens (tertiary/aromatic N) is 3. The molecule has 35 heavy (non-hydrogen) atoms. The number of benzene rings is 2. The minimum Gasteiger partial charge on any atom is -0.489 e. The maximum atomic E-state index is 12.9. The Kier molecular flexibility index (Phi) is 8.26. The van der Waals surface area contributed by atoms with Gasteiger partial charge in [0.15, 0.2) is 0 Å². The van der Waals surface area contributed by atoms with Gasteiger partial charge >= 0.3 is 5.97 Å². The lowest BCUT2D eigenvalue weighted by Gasteiger charge is -2.28. The third-order valence-corrected chi connectivity index (χ3v) is 7.00. The van der Waals surface area contributed by atoms with Gasteiger partial charge in [0.25, 0.3) is 0 Å². The van der Waals surface area contributed by atoms with Crippen LogP contribution in [0.15, 0.2) is 58.9 Å². The molecule has 2 heterocycles. The van der Waals surface area contributed by atoms with Gasteiger partial charge in [-0.25, -0.2) is 9.48 Å². The zero-order valence-corrected chi connectivity index (χ0v) is 22.0. The fraction of sp³-hybridized carbons (Fsp3) is 0.320. The predicted octanol–water partition coefficient (Wildman–Crippen LogP) is 6.52. The van der Waals surface area contributed by atoms with Crippen LogP contribution in [0.2, 0.25) is 10.0 Å². The molecule has 1 aliphatic heterocycles. The van der Waals surface area contributed by atoms with Gasteiger partial charge in [-0.2, -0.15) is 4.98 Å².